The highest BCUT2D eigenvalue weighted by Crippen LogP contribution is 2.36. The summed E-state index contributed by atoms with van der Waals surface area (Å²) < 4.78 is 13.6. The lowest BCUT2D eigenvalue weighted by molar-refractivity contribution is 0.628. The number of nitrogens with zero attached hydrogens (tertiary/aromatic N) is 2. The molecule has 0 saturated heterocycles. The molecule has 9 heteroatoms. The average Bonchev–Trinajstić information content (AvgIpc) is 2.35. The third-order valence-corrected chi connectivity index (χ3v) is 3.52. The van der Waals surface area contributed by atoms with Crippen molar-refractivity contribution in [2.24, 2.45) is 5.84 Å². The molecule has 0 amide bonds. The molecule has 1 aromatic heterocycles. The summed E-state index contributed by atoms with van der Waals surface area (Å²) in [5, 5.41) is 3.16. The minimum atomic E-state index is -0.522. The first-order chi connectivity index (χ1) is 9.02. The summed E-state index contributed by atoms with van der Waals surface area (Å²) >= 11 is 15.1. The fourth-order valence-electron chi connectivity index (χ4n) is 1.34. The van der Waals surface area contributed by atoms with Crippen LogP contribution in [0, 0.1) is 5.82 Å². The molecule has 1 heterocycles. The number of hydrazine groups is 1. The zero-order chi connectivity index (χ0) is 14.0. The molecule has 0 unspecified atom stereocenters. The average molecular weight is 367 g/mol. The molecule has 2 rings (SSSR count). The second-order valence-corrected chi connectivity index (χ2v) is 5.01. The monoisotopic (exact) mass is 365 g/mol. The minimum absolute atomic E-state index is 0.137. The summed E-state index contributed by atoms with van der Waals surface area (Å²) in [4.78, 5) is 7.91. The maximum atomic E-state index is 13.1. The van der Waals surface area contributed by atoms with E-state index in [1.165, 1.54) is 6.33 Å². The van der Waals surface area contributed by atoms with Crippen LogP contribution < -0.4 is 16.6 Å². The second-order valence-electron chi connectivity index (χ2n) is 3.40. The first kappa shape index (κ1) is 14.3. The molecule has 0 fully saturated rings. The summed E-state index contributed by atoms with van der Waals surface area (Å²) in [7, 11) is 0. The normalized spacial score (nSPS) is 10.4. The third kappa shape index (κ3) is 3.06. The number of aromatic nitrogens is 2. The van der Waals surface area contributed by atoms with E-state index in [-0.39, 0.29) is 10.0 Å². The van der Waals surface area contributed by atoms with Crippen LogP contribution >= 0.6 is 39.1 Å². The molecule has 0 saturated carbocycles. The van der Waals surface area contributed by atoms with Gasteiger partial charge in [0.15, 0.2) is 5.82 Å². The van der Waals surface area contributed by atoms with Gasteiger partial charge in [-0.3, -0.25) is 0 Å². The summed E-state index contributed by atoms with van der Waals surface area (Å²) in [6, 6.07) is 2.29. The zero-order valence-electron chi connectivity index (χ0n) is 9.22. The van der Waals surface area contributed by atoms with Gasteiger partial charge in [-0.25, -0.2) is 20.2 Å². The van der Waals surface area contributed by atoms with Crippen LogP contribution in [0.4, 0.5) is 21.7 Å². The second kappa shape index (κ2) is 5.87. The Morgan fingerprint density at radius 3 is 2.32 bits per heavy atom. The van der Waals surface area contributed by atoms with Crippen LogP contribution in [0.15, 0.2) is 22.9 Å². The smallest absolute Gasteiger partial charge is 0.159 e. The number of hydrogen-bond donors (Lipinski definition) is 3. The summed E-state index contributed by atoms with van der Waals surface area (Å²) in [6.45, 7) is 0. The maximum Gasteiger partial charge on any atom is 0.159 e. The summed E-state index contributed by atoms with van der Waals surface area (Å²) in [5.41, 5.74) is 2.74. The first-order valence-corrected chi connectivity index (χ1v) is 6.46. The SMILES string of the molecule is NNc1ncnc(Nc2c(Cl)cc(F)cc2Cl)c1Br. The Bertz CT molecular complexity index is 602. The first-order valence-electron chi connectivity index (χ1n) is 4.91. The minimum Gasteiger partial charge on any atom is -0.337 e. The highest BCUT2D eigenvalue weighted by molar-refractivity contribution is 9.10. The summed E-state index contributed by atoms with van der Waals surface area (Å²) in [5.74, 6) is 5.54. The van der Waals surface area contributed by atoms with Crippen molar-refractivity contribution in [3.05, 3.63) is 38.8 Å². The van der Waals surface area contributed by atoms with Crippen molar-refractivity contribution < 1.29 is 4.39 Å². The predicted molar refractivity (Wildman–Crippen MR) is 77.2 cm³/mol. The maximum absolute atomic E-state index is 13.1. The van der Waals surface area contributed by atoms with Gasteiger partial charge in [-0.1, -0.05) is 23.2 Å². The molecule has 0 aliphatic heterocycles. The highest BCUT2D eigenvalue weighted by Gasteiger charge is 2.13. The van der Waals surface area contributed by atoms with Gasteiger partial charge in [0, 0.05) is 0 Å². The quantitative estimate of drug-likeness (QED) is 0.570. The van der Waals surface area contributed by atoms with Crippen LogP contribution in [0.3, 0.4) is 0 Å². The van der Waals surface area contributed by atoms with E-state index in [0.717, 1.165) is 12.1 Å². The fourth-order valence-corrected chi connectivity index (χ4v) is 2.31. The van der Waals surface area contributed by atoms with Crippen molar-refractivity contribution in [1.82, 2.24) is 9.97 Å². The van der Waals surface area contributed by atoms with Crippen molar-refractivity contribution in [1.29, 1.82) is 0 Å². The zero-order valence-corrected chi connectivity index (χ0v) is 12.3. The van der Waals surface area contributed by atoms with Crippen LogP contribution in [0.1, 0.15) is 0 Å². The lowest BCUT2D eigenvalue weighted by atomic mass is 10.3. The molecule has 1 aromatic carbocycles. The molecule has 0 bridgehead atoms. The van der Waals surface area contributed by atoms with Crippen molar-refractivity contribution in [2.75, 3.05) is 10.7 Å². The van der Waals surface area contributed by atoms with E-state index < -0.39 is 5.82 Å². The van der Waals surface area contributed by atoms with Gasteiger partial charge >= 0.3 is 0 Å². The Labute approximate surface area is 126 Å². The van der Waals surface area contributed by atoms with Gasteiger partial charge in [-0.2, -0.15) is 0 Å². The van der Waals surface area contributed by atoms with Crippen molar-refractivity contribution in [2.45, 2.75) is 0 Å². The van der Waals surface area contributed by atoms with Crippen molar-refractivity contribution in [3.8, 4) is 0 Å². The van der Waals surface area contributed by atoms with E-state index in [4.69, 9.17) is 29.0 Å². The Balaban J connectivity index is 2.42. The standard InChI is InChI=1S/C10H7BrCl2FN5/c11-7-9(16-3-17-10(7)19-15)18-8-5(12)1-4(14)2-6(8)13/h1-3H,15H2,(H2,16,17,18,19). The Morgan fingerprint density at radius 1 is 1.16 bits per heavy atom. The number of nitrogens with one attached hydrogen (secondary N) is 2. The van der Waals surface area contributed by atoms with Gasteiger partial charge in [0.25, 0.3) is 0 Å². The number of nitrogens with two attached hydrogens (primary N) is 1. The molecule has 5 nitrogen and oxygen atoms in total. The number of halogens is 4. The predicted octanol–water partition coefficient (Wildman–Crippen LogP) is 3.71. The van der Waals surface area contributed by atoms with E-state index in [1.54, 1.807) is 0 Å². The van der Waals surface area contributed by atoms with Crippen LogP contribution in [0.25, 0.3) is 0 Å². The van der Waals surface area contributed by atoms with Gasteiger partial charge in [0.05, 0.1) is 15.7 Å². The van der Waals surface area contributed by atoms with E-state index in [1.807, 2.05) is 0 Å². The Kier molecular flexibility index (Phi) is 4.41. The number of rotatable bonds is 3. The third-order valence-electron chi connectivity index (χ3n) is 2.18. The number of benzene rings is 1. The van der Waals surface area contributed by atoms with Gasteiger partial charge in [0.1, 0.15) is 22.4 Å². The van der Waals surface area contributed by atoms with Crippen LogP contribution in [0.5, 0.6) is 0 Å². The molecule has 0 spiro atoms. The van der Waals surface area contributed by atoms with Gasteiger partial charge in [0.2, 0.25) is 0 Å². The molecule has 0 atom stereocenters. The van der Waals surface area contributed by atoms with E-state index in [2.05, 4.69) is 36.6 Å². The highest BCUT2D eigenvalue weighted by atomic mass is 79.9. The van der Waals surface area contributed by atoms with Crippen LogP contribution in [-0.4, -0.2) is 9.97 Å². The van der Waals surface area contributed by atoms with E-state index in [0.29, 0.717) is 21.8 Å². The lowest BCUT2D eigenvalue weighted by Crippen LogP contribution is -2.10. The van der Waals surface area contributed by atoms with Gasteiger partial charge in [-0.05, 0) is 28.1 Å². The fraction of sp³-hybridized carbons (Fsp3) is 0. The number of hydrogen-bond acceptors (Lipinski definition) is 5. The van der Waals surface area contributed by atoms with Crippen LogP contribution in [0.2, 0.25) is 10.0 Å². The van der Waals surface area contributed by atoms with Crippen molar-refractivity contribution in [3.63, 3.8) is 0 Å². The van der Waals surface area contributed by atoms with E-state index in [9.17, 15) is 4.39 Å². The lowest BCUT2D eigenvalue weighted by Gasteiger charge is -2.12. The largest absolute Gasteiger partial charge is 0.337 e. The summed E-state index contributed by atoms with van der Waals surface area (Å²) in [6.07, 6.45) is 1.30. The number of nitrogen functional groups attached to an aromatic ring is 1. The van der Waals surface area contributed by atoms with Gasteiger partial charge in [-0.15, -0.1) is 0 Å². The molecule has 4 N–H and O–H groups in total. The molecule has 2 aromatic rings. The number of anilines is 3. The van der Waals surface area contributed by atoms with Crippen molar-refractivity contribution >= 4 is 56.5 Å². The van der Waals surface area contributed by atoms with E-state index >= 15 is 0 Å². The van der Waals surface area contributed by atoms with Crippen LogP contribution in [-0.2, 0) is 0 Å². The van der Waals surface area contributed by atoms with Gasteiger partial charge < -0.3 is 10.7 Å². The molecule has 0 aliphatic rings. The Morgan fingerprint density at radius 2 is 1.74 bits per heavy atom. The Hall–Kier alpha value is -1.15. The topological polar surface area (TPSA) is 75.9 Å². The molecular formula is C10H7BrCl2FN5. The molecular weight excluding hydrogens is 360 g/mol. The molecule has 19 heavy (non-hydrogen) atoms. The molecule has 100 valence electrons. The molecule has 0 aliphatic carbocycles. The molecule has 0 radical (unpaired) electrons.